The van der Waals surface area contributed by atoms with E-state index in [4.69, 9.17) is 4.74 Å². The number of fused-ring (bicyclic) bond motifs is 1. The van der Waals surface area contributed by atoms with E-state index < -0.39 is 5.97 Å². The van der Waals surface area contributed by atoms with Crippen molar-refractivity contribution in [1.82, 2.24) is 9.55 Å². The van der Waals surface area contributed by atoms with Crippen molar-refractivity contribution < 1.29 is 9.53 Å². The Morgan fingerprint density at radius 1 is 0.966 bits per heavy atom. The third kappa shape index (κ3) is 3.94. The lowest BCUT2D eigenvalue weighted by Gasteiger charge is -2.12. The number of carbonyl (C=O) groups excluding carboxylic acids is 1. The minimum Gasteiger partial charge on any atom is -0.462 e. The van der Waals surface area contributed by atoms with Gasteiger partial charge < -0.3 is 4.74 Å². The smallest absolute Gasteiger partial charge is 0.340 e. The lowest BCUT2D eigenvalue weighted by atomic mass is 10.1. The fourth-order valence-electron chi connectivity index (χ4n) is 3.22. The summed E-state index contributed by atoms with van der Waals surface area (Å²) in [5, 5.41) is 1.07. The van der Waals surface area contributed by atoms with Crippen LogP contribution in [0.1, 0.15) is 21.6 Å². The highest BCUT2D eigenvalue weighted by atomic mass is 16.5. The quantitative estimate of drug-likeness (QED) is 0.486. The van der Waals surface area contributed by atoms with Gasteiger partial charge in [0.1, 0.15) is 0 Å². The third-order valence-corrected chi connectivity index (χ3v) is 4.77. The van der Waals surface area contributed by atoms with Crippen LogP contribution in [0, 0.1) is 6.92 Å². The van der Waals surface area contributed by atoms with Gasteiger partial charge in [-0.25, -0.2) is 4.79 Å². The van der Waals surface area contributed by atoms with Crippen LogP contribution in [0.15, 0.2) is 83.9 Å². The number of rotatable bonds is 5. The van der Waals surface area contributed by atoms with E-state index in [1.165, 1.54) is 4.57 Å². The fourth-order valence-corrected chi connectivity index (χ4v) is 3.22. The van der Waals surface area contributed by atoms with Crippen LogP contribution in [0.4, 0.5) is 0 Å². The van der Waals surface area contributed by atoms with E-state index in [0.717, 1.165) is 11.3 Å². The Morgan fingerprint density at radius 3 is 2.41 bits per heavy atom. The minimum absolute atomic E-state index is 0.172. The minimum atomic E-state index is -0.460. The maximum atomic E-state index is 13.0. The van der Waals surface area contributed by atoms with Gasteiger partial charge in [-0.05, 0) is 37.3 Å². The SMILES string of the molecule is Cc1ccc(-n2cc(C(=O)OCCc3ccccn3)c3ccccc3c2=O)cc1. The van der Waals surface area contributed by atoms with Crippen LogP contribution in [0.2, 0.25) is 0 Å². The first kappa shape index (κ1) is 18.6. The first-order valence-electron chi connectivity index (χ1n) is 9.42. The molecule has 2 aromatic heterocycles. The highest BCUT2D eigenvalue weighted by Gasteiger charge is 2.16. The second kappa shape index (κ2) is 8.10. The van der Waals surface area contributed by atoms with E-state index in [9.17, 15) is 9.59 Å². The first-order chi connectivity index (χ1) is 14.1. The number of hydrogen-bond donors (Lipinski definition) is 0. The molecule has 5 heteroatoms. The van der Waals surface area contributed by atoms with E-state index in [1.807, 2.05) is 55.5 Å². The number of aryl methyl sites for hydroxylation is 1. The first-order valence-corrected chi connectivity index (χ1v) is 9.42. The molecule has 0 fully saturated rings. The number of benzene rings is 2. The summed E-state index contributed by atoms with van der Waals surface area (Å²) in [4.78, 5) is 30.1. The molecule has 0 aliphatic heterocycles. The molecule has 0 bridgehead atoms. The molecule has 0 spiro atoms. The summed E-state index contributed by atoms with van der Waals surface area (Å²) in [5.74, 6) is -0.460. The van der Waals surface area contributed by atoms with E-state index in [-0.39, 0.29) is 12.2 Å². The van der Waals surface area contributed by atoms with Crippen molar-refractivity contribution in [3.05, 3.63) is 106 Å². The number of pyridine rings is 2. The molecule has 2 aromatic carbocycles. The zero-order chi connectivity index (χ0) is 20.2. The second-order valence-electron chi connectivity index (χ2n) is 6.81. The maximum absolute atomic E-state index is 13.0. The largest absolute Gasteiger partial charge is 0.462 e. The number of nitrogens with zero attached hydrogens (tertiary/aromatic N) is 2. The number of hydrogen-bond acceptors (Lipinski definition) is 4. The molecular weight excluding hydrogens is 364 g/mol. The molecule has 4 aromatic rings. The third-order valence-electron chi connectivity index (χ3n) is 4.77. The summed E-state index contributed by atoms with van der Waals surface area (Å²) in [6.45, 7) is 2.20. The summed E-state index contributed by atoms with van der Waals surface area (Å²) in [5.41, 5.74) is 2.84. The Kier molecular flexibility index (Phi) is 5.20. The molecule has 0 saturated carbocycles. The van der Waals surface area contributed by atoms with Gasteiger partial charge in [-0.15, -0.1) is 0 Å². The molecule has 0 unspecified atom stereocenters. The van der Waals surface area contributed by atoms with Crippen LogP contribution < -0.4 is 5.56 Å². The van der Waals surface area contributed by atoms with Gasteiger partial charge in [0.15, 0.2) is 0 Å². The van der Waals surface area contributed by atoms with Crippen LogP contribution >= 0.6 is 0 Å². The molecule has 2 heterocycles. The van der Waals surface area contributed by atoms with Gasteiger partial charge in [-0.2, -0.15) is 0 Å². The lowest BCUT2D eigenvalue weighted by Crippen LogP contribution is -2.21. The highest BCUT2D eigenvalue weighted by Crippen LogP contribution is 2.19. The van der Waals surface area contributed by atoms with Gasteiger partial charge >= 0.3 is 5.97 Å². The topological polar surface area (TPSA) is 61.2 Å². The van der Waals surface area contributed by atoms with Gasteiger partial charge in [0, 0.05) is 41.0 Å². The number of esters is 1. The van der Waals surface area contributed by atoms with Gasteiger partial charge in [0.2, 0.25) is 0 Å². The standard InChI is InChI=1S/C24H20N2O3/c1-17-9-11-19(12-10-17)26-16-22(20-7-2-3-8-21(20)23(26)27)24(28)29-15-13-18-6-4-5-14-25-18/h2-12,14,16H,13,15H2,1H3. The predicted octanol–water partition coefficient (Wildman–Crippen LogP) is 4.09. The van der Waals surface area contributed by atoms with Crippen LogP contribution in [0.3, 0.4) is 0 Å². The van der Waals surface area contributed by atoms with Crippen molar-refractivity contribution in [3.63, 3.8) is 0 Å². The Morgan fingerprint density at radius 2 is 1.69 bits per heavy atom. The Labute approximate surface area is 168 Å². The van der Waals surface area contributed by atoms with Crippen LogP contribution in [-0.4, -0.2) is 22.1 Å². The van der Waals surface area contributed by atoms with E-state index in [1.54, 1.807) is 30.6 Å². The monoisotopic (exact) mass is 384 g/mol. The number of aromatic nitrogens is 2. The van der Waals surface area contributed by atoms with Crippen LogP contribution in [0.5, 0.6) is 0 Å². The molecular formula is C24H20N2O3. The molecule has 4 rings (SSSR count). The normalized spacial score (nSPS) is 10.8. The van der Waals surface area contributed by atoms with Crippen molar-refractivity contribution in [3.8, 4) is 5.69 Å². The molecule has 0 amide bonds. The molecule has 144 valence electrons. The summed E-state index contributed by atoms with van der Waals surface area (Å²) < 4.78 is 6.99. The molecule has 0 aliphatic rings. The zero-order valence-electron chi connectivity index (χ0n) is 16.0. The molecule has 0 N–H and O–H groups in total. The molecule has 0 atom stereocenters. The number of ether oxygens (including phenoxy) is 1. The van der Waals surface area contributed by atoms with Gasteiger partial charge in [0.25, 0.3) is 5.56 Å². The predicted molar refractivity (Wildman–Crippen MR) is 113 cm³/mol. The highest BCUT2D eigenvalue weighted by molar-refractivity contribution is 6.04. The van der Waals surface area contributed by atoms with Gasteiger partial charge in [-0.3, -0.25) is 14.3 Å². The molecule has 0 aliphatic carbocycles. The molecule has 0 saturated heterocycles. The van der Waals surface area contributed by atoms with Crippen LogP contribution in [-0.2, 0) is 11.2 Å². The van der Waals surface area contributed by atoms with Gasteiger partial charge in [-0.1, -0.05) is 42.0 Å². The van der Waals surface area contributed by atoms with Crippen molar-refractivity contribution in [2.24, 2.45) is 0 Å². The summed E-state index contributed by atoms with van der Waals surface area (Å²) >= 11 is 0. The zero-order valence-corrected chi connectivity index (χ0v) is 16.0. The lowest BCUT2D eigenvalue weighted by molar-refractivity contribution is 0.0510. The molecule has 29 heavy (non-hydrogen) atoms. The van der Waals surface area contributed by atoms with Gasteiger partial charge in [0.05, 0.1) is 12.2 Å². The molecule has 0 radical (unpaired) electrons. The summed E-state index contributed by atoms with van der Waals surface area (Å²) in [6.07, 6.45) is 3.81. The van der Waals surface area contributed by atoms with Crippen molar-refractivity contribution >= 4 is 16.7 Å². The Hall–Kier alpha value is -3.73. The summed E-state index contributed by atoms with van der Waals surface area (Å²) in [7, 11) is 0. The van der Waals surface area contributed by atoms with E-state index in [2.05, 4.69) is 4.98 Å². The average molecular weight is 384 g/mol. The van der Waals surface area contributed by atoms with E-state index >= 15 is 0 Å². The second-order valence-corrected chi connectivity index (χ2v) is 6.81. The maximum Gasteiger partial charge on any atom is 0.340 e. The van der Waals surface area contributed by atoms with E-state index in [0.29, 0.717) is 28.4 Å². The number of carbonyl (C=O) groups is 1. The Bertz CT molecular complexity index is 1210. The van der Waals surface area contributed by atoms with Crippen LogP contribution in [0.25, 0.3) is 16.5 Å². The Balaban J connectivity index is 1.69. The molecule has 5 nitrogen and oxygen atoms in total. The fraction of sp³-hybridized carbons (Fsp3) is 0.125. The van der Waals surface area contributed by atoms with Crippen molar-refractivity contribution in [2.45, 2.75) is 13.3 Å². The summed E-state index contributed by atoms with van der Waals surface area (Å²) in [6, 6.07) is 20.3. The van der Waals surface area contributed by atoms with Crippen molar-refractivity contribution in [1.29, 1.82) is 0 Å². The average Bonchev–Trinajstić information content (AvgIpc) is 2.76. The van der Waals surface area contributed by atoms with Crippen molar-refractivity contribution in [2.75, 3.05) is 6.61 Å².